The molecule has 1 saturated heterocycles. The summed E-state index contributed by atoms with van der Waals surface area (Å²) in [6.07, 6.45) is 0. The first-order valence-corrected chi connectivity index (χ1v) is 6.16. The van der Waals surface area contributed by atoms with Gasteiger partial charge in [-0.1, -0.05) is 39.3 Å². The van der Waals surface area contributed by atoms with Gasteiger partial charge in [-0.25, -0.2) is 0 Å². The topological polar surface area (TPSA) is 68.3 Å². The normalized spacial score (nSPS) is 18.1. The highest BCUT2D eigenvalue weighted by Crippen LogP contribution is 2.39. The van der Waals surface area contributed by atoms with Crippen molar-refractivity contribution in [2.45, 2.75) is 46.3 Å². The fraction of sp³-hybridized carbons (Fsp3) is 0.667. The highest BCUT2D eigenvalue weighted by molar-refractivity contribution is 7.25. The van der Waals surface area contributed by atoms with Crippen molar-refractivity contribution in [1.29, 1.82) is 0 Å². The first-order valence-electron chi connectivity index (χ1n) is 6.16. The monoisotopic (exact) mass is 247 g/mol. The molecule has 95 valence electrons. The van der Waals surface area contributed by atoms with E-state index >= 15 is 0 Å². The Morgan fingerprint density at radius 3 is 1.83 bits per heavy atom. The minimum atomic E-state index is -2.03. The maximum absolute atomic E-state index is 12.1. The molecule has 0 aromatic carbocycles. The number of Topliss-reactive ketones (excluding diaryl/α,β-unsaturated/α-hetero) is 1. The average Bonchev–Trinajstić information content (AvgIpc) is 2.14. The summed E-state index contributed by atoms with van der Waals surface area (Å²) < 4.78 is 0. The van der Waals surface area contributed by atoms with Crippen molar-refractivity contribution in [2.75, 3.05) is 0 Å². The van der Waals surface area contributed by atoms with Crippen LogP contribution in [0.15, 0.2) is 0 Å². The predicted octanol–water partition coefficient (Wildman–Crippen LogP) is 0.756. The van der Waals surface area contributed by atoms with E-state index in [0.717, 1.165) is 6.92 Å². The Morgan fingerprint density at radius 1 is 1.11 bits per heavy atom. The maximum atomic E-state index is 12.1. The molecule has 6 heteroatoms. The fourth-order valence-electron chi connectivity index (χ4n) is 2.43. The highest BCUT2D eigenvalue weighted by atomic mass is 16.2. The second kappa shape index (κ2) is 4.82. The molecule has 0 bridgehead atoms. The van der Waals surface area contributed by atoms with Gasteiger partial charge in [0.25, 0.3) is 0 Å². The van der Waals surface area contributed by atoms with E-state index < -0.39 is 35.0 Å². The summed E-state index contributed by atoms with van der Waals surface area (Å²) >= 11 is 0. The van der Waals surface area contributed by atoms with Crippen LogP contribution in [0.1, 0.15) is 34.6 Å². The molecule has 0 spiro atoms. The van der Waals surface area contributed by atoms with Gasteiger partial charge in [0.1, 0.15) is 17.0 Å². The van der Waals surface area contributed by atoms with Crippen molar-refractivity contribution < 1.29 is 19.2 Å². The Morgan fingerprint density at radius 2 is 1.56 bits per heavy atom. The average molecular weight is 247 g/mol. The van der Waals surface area contributed by atoms with E-state index in [4.69, 9.17) is 0 Å². The quantitative estimate of drug-likeness (QED) is 0.531. The zero-order valence-electron chi connectivity index (χ0n) is 11.4. The molecule has 18 heavy (non-hydrogen) atoms. The van der Waals surface area contributed by atoms with Gasteiger partial charge in [-0.2, -0.15) is 0 Å². The van der Waals surface area contributed by atoms with Crippen LogP contribution in [0, 0.1) is 5.41 Å². The minimum absolute atomic E-state index is 0.104. The molecule has 0 aliphatic carbocycles. The van der Waals surface area contributed by atoms with E-state index in [0.29, 0.717) is 0 Å². The van der Waals surface area contributed by atoms with Gasteiger partial charge >= 0.3 is 6.71 Å². The van der Waals surface area contributed by atoms with Crippen LogP contribution >= 0.6 is 0 Å². The molecule has 0 saturated carbocycles. The summed E-state index contributed by atoms with van der Waals surface area (Å²) in [5, 5.41) is 0. The SMILES string of the molecule is CC(=O)C1(C(=O)[B]C(C)C)C(=O)B(C(C)C)C1=O. The van der Waals surface area contributed by atoms with Gasteiger partial charge in [-0.3, -0.25) is 4.79 Å². The van der Waals surface area contributed by atoms with Crippen molar-refractivity contribution in [2.24, 2.45) is 5.41 Å². The molecule has 1 aliphatic heterocycles. The van der Waals surface area contributed by atoms with Crippen LogP contribution < -0.4 is 0 Å². The molecule has 0 amide bonds. The van der Waals surface area contributed by atoms with Gasteiger partial charge in [0, 0.05) is 0 Å². The van der Waals surface area contributed by atoms with Gasteiger partial charge in [0.15, 0.2) is 11.2 Å². The third-order valence-corrected chi connectivity index (χ3v) is 3.35. The summed E-state index contributed by atoms with van der Waals surface area (Å²) in [5.41, 5.74) is -3.75. The molecule has 4 nitrogen and oxygen atoms in total. The lowest BCUT2D eigenvalue weighted by atomic mass is 9.18. The van der Waals surface area contributed by atoms with Crippen molar-refractivity contribution in [3.05, 3.63) is 0 Å². The largest absolute Gasteiger partial charge is 0.310 e. The van der Waals surface area contributed by atoms with Crippen LogP contribution in [0.5, 0.6) is 0 Å². The Balaban J connectivity index is 3.14. The van der Waals surface area contributed by atoms with E-state index in [1.807, 2.05) is 0 Å². The van der Waals surface area contributed by atoms with Gasteiger partial charge in [-0.15, -0.1) is 0 Å². The van der Waals surface area contributed by atoms with E-state index in [1.54, 1.807) is 27.7 Å². The highest BCUT2D eigenvalue weighted by Gasteiger charge is 2.70. The molecule has 0 aromatic heterocycles. The number of ketones is 1. The molecule has 0 aromatic rings. The Labute approximate surface area is 108 Å². The lowest BCUT2D eigenvalue weighted by Crippen LogP contribution is -2.73. The smallest absolute Gasteiger partial charge is 0.309 e. The molecule has 0 unspecified atom stereocenters. The van der Waals surface area contributed by atoms with Gasteiger partial charge in [0.05, 0.1) is 0 Å². The van der Waals surface area contributed by atoms with Crippen molar-refractivity contribution >= 4 is 36.8 Å². The third kappa shape index (κ3) is 1.88. The molecule has 1 aliphatic rings. The molecule has 0 N–H and O–H groups in total. The van der Waals surface area contributed by atoms with Crippen molar-refractivity contribution in [3.8, 4) is 0 Å². The number of carbonyl (C=O) groups excluding carboxylic acids is 4. The lowest BCUT2D eigenvalue weighted by Gasteiger charge is -2.41. The summed E-state index contributed by atoms with van der Waals surface area (Å²) in [4.78, 5) is 48.0. The first-order chi connectivity index (χ1) is 8.17. The number of rotatable bonds is 5. The van der Waals surface area contributed by atoms with Gasteiger partial charge < -0.3 is 14.4 Å². The van der Waals surface area contributed by atoms with Crippen molar-refractivity contribution in [3.63, 3.8) is 0 Å². The Hall–Kier alpha value is -1.19. The van der Waals surface area contributed by atoms with E-state index in [2.05, 4.69) is 0 Å². The number of hydrogen-bond acceptors (Lipinski definition) is 4. The van der Waals surface area contributed by atoms with Gasteiger partial charge in [0.2, 0.25) is 7.28 Å². The zero-order chi connectivity index (χ0) is 14.2. The second-order valence-corrected chi connectivity index (χ2v) is 5.53. The molecule has 1 rings (SSSR count). The summed E-state index contributed by atoms with van der Waals surface area (Å²) in [5.74, 6) is -0.937. The molecular weight excluding hydrogens is 230 g/mol. The predicted molar refractivity (Wildman–Crippen MR) is 69.8 cm³/mol. The number of carbonyl (C=O) groups is 4. The Kier molecular flexibility index (Phi) is 3.99. The maximum Gasteiger partial charge on any atom is 0.309 e. The molecule has 1 heterocycles. The Bertz CT molecular complexity index is 396. The molecule has 1 fully saturated rings. The van der Waals surface area contributed by atoms with Crippen LogP contribution in [-0.2, 0) is 19.2 Å². The van der Waals surface area contributed by atoms with Crippen LogP contribution in [0.3, 0.4) is 0 Å². The second-order valence-electron chi connectivity index (χ2n) is 5.53. The standard InChI is InChI=1S/C12H17B2O4/c1-6(2)13-9(16)12(8(5)15)10(17)14(7(3)4)11(12)18/h6-7H,1-5H3. The van der Waals surface area contributed by atoms with Crippen LogP contribution in [-0.4, -0.2) is 36.8 Å². The molecule has 0 atom stereocenters. The zero-order valence-corrected chi connectivity index (χ0v) is 11.4. The summed E-state index contributed by atoms with van der Waals surface area (Å²) in [7, 11) is 1.29. The lowest BCUT2D eigenvalue weighted by molar-refractivity contribution is -0.150. The van der Waals surface area contributed by atoms with Crippen LogP contribution in [0.4, 0.5) is 0 Å². The molecule has 1 radical (unpaired) electrons. The number of hydrogen-bond donors (Lipinski definition) is 0. The fourth-order valence-corrected chi connectivity index (χ4v) is 2.43. The van der Waals surface area contributed by atoms with Crippen LogP contribution in [0.2, 0.25) is 11.6 Å². The first kappa shape index (κ1) is 14.9. The van der Waals surface area contributed by atoms with E-state index in [1.165, 1.54) is 7.28 Å². The van der Waals surface area contributed by atoms with Gasteiger partial charge in [-0.05, 0) is 6.92 Å². The minimum Gasteiger partial charge on any atom is -0.310 e. The third-order valence-electron chi connectivity index (χ3n) is 3.35. The van der Waals surface area contributed by atoms with Crippen molar-refractivity contribution in [1.82, 2.24) is 0 Å². The summed E-state index contributed by atoms with van der Waals surface area (Å²) in [6.45, 7) is 7.33. The van der Waals surface area contributed by atoms with E-state index in [-0.39, 0.29) is 11.6 Å². The van der Waals surface area contributed by atoms with E-state index in [9.17, 15) is 19.2 Å². The summed E-state index contributed by atoms with van der Waals surface area (Å²) in [6, 6.07) is 0. The molecular formula is C12H17B2O4. The van der Waals surface area contributed by atoms with Crippen LogP contribution in [0.25, 0.3) is 0 Å².